The average molecular weight is 317 g/mol. The molecule has 1 atom stereocenters. The van der Waals surface area contributed by atoms with Crippen LogP contribution in [-0.4, -0.2) is 18.5 Å². The molecular weight excluding hydrogens is 291 g/mol. The Morgan fingerprint density at radius 3 is 2.33 bits per heavy atom. The minimum atomic E-state index is -0.564. The monoisotopic (exact) mass is 316 g/mol. The zero-order chi connectivity index (χ0) is 15.6. The molecule has 21 heavy (non-hydrogen) atoms. The number of halogens is 2. The minimum Gasteiger partial charge on any atom is -0.354 e. The topological polar surface area (TPSA) is 55.1 Å². The molecule has 0 aliphatic carbocycles. The van der Waals surface area contributed by atoms with Crippen LogP contribution < -0.4 is 11.1 Å². The number of benzene rings is 1. The van der Waals surface area contributed by atoms with Crippen molar-refractivity contribution >= 4 is 18.3 Å². The molecule has 0 heterocycles. The quantitative estimate of drug-likeness (QED) is 0.897. The van der Waals surface area contributed by atoms with Crippen LogP contribution in [0.4, 0.5) is 4.39 Å². The third-order valence-corrected chi connectivity index (χ3v) is 3.53. The lowest BCUT2D eigenvalue weighted by Crippen LogP contribution is -2.50. The van der Waals surface area contributed by atoms with Crippen molar-refractivity contribution in [3.63, 3.8) is 0 Å². The fourth-order valence-corrected chi connectivity index (χ4v) is 1.82. The second-order valence-corrected chi connectivity index (χ2v) is 6.96. The maximum Gasteiger partial charge on any atom is 0.237 e. The Bertz CT molecular complexity index is 483. The first kappa shape index (κ1) is 19.9. The maximum atomic E-state index is 13.3. The normalized spacial score (nSPS) is 13.3. The number of nitrogens with two attached hydrogens (primary N) is 1. The van der Waals surface area contributed by atoms with Crippen molar-refractivity contribution in [3.8, 4) is 0 Å². The van der Waals surface area contributed by atoms with Crippen LogP contribution in [0.1, 0.15) is 40.2 Å². The van der Waals surface area contributed by atoms with Gasteiger partial charge in [0.15, 0.2) is 0 Å². The molecule has 0 spiro atoms. The van der Waals surface area contributed by atoms with Crippen molar-refractivity contribution in [1.82, 2.24) is 5.32 Å². The van der Waals surface area contributed by atoms with Gasteiger partial charge in [-0.3, -0.25) is 4.79 Å². The summed E-state index contributed by atoms with van der Waals surface area (Å²) in [6, 6.07) is 5.88. The molecule has 0 aliphatic heterocycles. The van der Waals surface area contributed by atoms with E-state index < -0.39 is 6.04 Å². The van der Waals surface area contributed by atoms with E-state index in [2.05, 4.69) is 5.32 Å². The molecule has 1 amide bonds. The zero-order valence-electron chi connectivity index (χ0n) is 13.4. The molecule has 0 aliphatic rings. The van der Waals surface area contributed by atoms with Crippen LogP contribution in [0.5, 0.6) is 0 Å². The molecule has 3 nitrogen and oxygen atoms in total. The van der Waals surface area contributed by atoms with Crippen molar-refractivity contribution in [2.75, 3.05) is 6.54 Å². The summed E-state index contributed by atoms with van der Waals surface area (Å²) in [7, 11) is 0. The van der Waals surface area contributed by atoms with Crippen molar-refractivity contribution in [2.45, 2.75) is 46.1 Å². The van der Waals surface area contributed by atoms with Crippen molar-refractivity contribution in [2.24, 2.45) is 11.1 Å². The van der Waals surface area contributed by atoms with E-state index in [9.17, 15) is 9.18 Å². The van der Waals surface area contributed by atoms with Gasteiger partial charge >= 0.3 is 0 Å². The lowest BCUT2D eigenvalue weighted by atomic mass is 9.83. The molecule has 0 unspecified atom stereocenters. The maximum absolute atomic E-state index is 13.3. The molecule has 1 rings (SSSR count). The third kappa shape index (κ3) is 5.64. The predicted molar refractivity (Wildman–Crippen MR) is 87.1 cm³/mol. The van der Waals surface area contributed by atoms with Crippen molar-refractivity contribution in [1.29, 1.82) is 0 Å². The van der Waals surface area contributed by atoms with Gasteiger partial charge in [-0.1, -0.05) is 46.8 Å². The second-order valence-electron chi connectivity index (χ2n) is 6.96. The molecule has 1 aromatic rings. The summed E-state index contributed by atoms with van der Waals surface area (Å²) >= 11 is 0. The smallest absolute Gasteiger partial charge is 0.237 e. The molecule has 0 radical (unpaired) electrons. The van der Waals surface area contributed by atoms with Gasteiger partial charge in [0.25, 0.3) is 0 Å². The van der Waals surface area contributed by atoms with Gasteiger partial charge in [-0.05, 0) is 23.1 Å². The van der Waals surface area contributed by atoms with Crippen molar-refractivity contribution < 1.29 is 9.18 Å². The molecule has 120 valence electrons. The Labute approximate surface area is 132 Å². The number of carbonyl (C=O) groups excluding carboxylic acids is 1. The van der Waals surface area contributed by atoms with E-state index in [0.717, 1.165) is 5.56 Å². The van der Waals surface area contributed by atoms with Crippen molar-refractivity contribution in [3.05, 3.63) is 35.6 Å². The molecule has 0 aromatic heterocycles. The Hall–Kier alpha value is -1.13. The molecule has 0 saturated heterocycles. The Kier molecular flexibility index (Phi) is 6.84. The summed E-state index contributed by atoms with van der Waals surface area (Å²) in [6.45, 7) is 10.1. The number of nitrogens with one attached hydrogen (secondary N) is 1. The van der Waals surface area contributed by atoms with E-state index in [1.807, 2.05) is 40.7 Å². The summed E-state index contributed by atoms with van der Waals surface area (Å²) in [6.07, 6.45) is 0. The van der Waals surface area contributed by atoms with Gasteiger partial charge in [0.2, 0.25) is 5.91 Å². The van der Waals surface area contributed by atoms with Crippen LogP contribution >= 0.6 is 12.4 Å². The third-order valence-electron chi connectivity index (χ3n) is 3.53. The summed E-state index contributed by atoms with van der Waals surface area (Å²) in [5.74, 6) is -0.449. The standard InChI is InChI=1S/C16H25FN2O.ClH/c1-15(2,3)13(18)14(20)19-10-16(4,5)11-7-6-8-12(17)9-11;/h6-9,13H,10,18H2,1-5H3,(H,19,20);1H/t13-;/m1./s1. The first-order chi connectivity index (χ1) is 9.04. The molecule has 0 saturated carbocycles. The fourth-order valence-electron chi connectivity index (χ4n) is 1.82. The molecule has 0 bridgehead atoms. The summed E-state index contributed by atoms with van der Waals surface area (Å²) in [5, 5.41) is 2.86. The van der Waals surface area contributed by atoms with Gasteiger partial charge in [0.05, 0.1) is 6.04 Å². The number of hydrogen-bond donors (Lipinski definition) is 2. The number of amides is 1. The Morgan fingerprint density at radius 2 is 1.86 bits per heavy atom. The summed E-state index contributed by atoms with van der Waals surface area (Å²) < 4.78 is 13.3. The molecule has 0 fully saturated rings. The van der Waals surface area contributed by atoms with Gasteiger partial charge in [-0.15, -0.1) is 12.4 Å². The highest BCUT2D eigenvalue weighted by Gasteiger charge is 2.29. The van der Waals surface area contributed by atoms with E-state index >= 15 is 0 Å². The van der Waals surface area contributed by atoms with Gasteiger partial charge in [0, 0.05) is 12.0 Å². The van der Waals surface area contributed by atoms with E-state index in [1.54, 1.807) is 6.07 Å². The highest BCUT2D eigenvalue weighted by atomic mass is 35.5. The van der Waals surface area contributed by atoms with Gasteiger partial charge in [0.1, 0.15) is 5.82 Å². The molecule has 3 N–H and O–H groups in total. The van der Waals surface area contributed by atoms with Crippen LogP contribution in [-0.2, 0) is 10.2 Å². The lowest BCUT2D eigenvalue weighted by molar-refractivity contribution is -0.124. The predicted octanol–water partition coefficient (Wildman–Crippen LogP) is 3.01. The highest BCUT2D eigenvalue weighted by Crippen LogP contribution is 2.23. The Balaban J connectivity index is 0.00000400. The second kappa shape index (κ2) is 7.23. The van der Waals surface area contributed by atoms with Crippen LogP contribution in [0.25, 0.3) is 0 Å². The zero-order valence-corrected chi connectivity index (χ0v) is 14.2. The number of rotatable bonds is 4. The van der Waals surface area contributed by atoms with Crippen LogP contribution in [0, 0.1) is 11.2 Å². The largest absolute Gasteiger partial charge is 0.354 e. The minimum absolute atomic E-state index is 0. The van der Waals surface area contributed by atoms with E-state index in [4.69, 9.17) is 5.73 Å². The lowest BCUT2D eigenvalue weighted by Gasteiger charge is -2.30. The van der Waals surface area contributed by atoms with E-state index in [-0.39, 0.29) is 35.0 Å². The molecule has 5 heteroatoms. The van der Waals surface area contributed by atoms with Crippen LogP contribution in [0.2, 0.25) is 0 Å². The van der Waals surface area contributed by atoms with Gasteiger partial charge < -0.3 is 11.1 Å². The van der Waals surface area contributed by atoms with Gasteiger partial charge in [-0.25, -0.2) is 4.39 Å². The number of carbonyl (C=O) groups is 1. The van der Waals surface area contributed by atoms with Crippen LogP contribution in [0.3, 0.4) is 0 Å². The van der Waals surface area contributed by atoms with Crippen LogP contribution in [0.15, 0.2) is 24.3 Å². The molecular formula is C16H26ClFN2O. The molecule has 1 aromatic carbocycles. The fraction of sp³-hybridized carbons (Fsp3) is 0.562. The summed E-state index contributed by atoms with van der Waals surface area (Å²) in [4.78, 5) is 12.0. The van der Waals surface area contributed by atoms with E-state index in [1.165, 1.54) is 12.1 Å². The number of hydrogen-bond acceptors (Lipinski definition) is 2. The van der Waals surface area contributed by atoms with E-state index in [0.29, 0.717) is 6.54 Å². The average Bonchev–Trinajstić information content (AvgIpc) is 2.34. The van der Waals surface area contributed by atoms with Gasteiger partial charge in [-0.2, -0.15) is 0 Å². The summed E-state index contributed by atoms with van der Waals surface area (Å²) in [5.41, 5.74) is 6.13. The SMILES string of the molecule is CC(C)(CNC(=O)[C@@H](N)C(C)(C)C)c1cccc(F)c1.Cl. The Morgan fingerprint density at radius 1 is 1.29 bits per heavy atom. The highest BCUT2D eigenvalue weighted by molar-refractivity contribution is 5.85. The first-order valence-electron chi connectivity index (χ1n) is 6.83. The first-order valence-corrected chi connectivity index (χ1v) is 6.83.